The summed E-state index contributed by atoms with van der Waals surface area (Å²) >= 11 is 0. The summed E-state index contributed by atoms with van der Waals surface area (Å²) in [6.07, 6.45) is 2.42. The molecule has 1 aromatic heterocycles. The number of carbonyl (C=O) groups is 2. The van der Waals surface area contributed by atoms with Gasteiger partial charge in [-0.15, -0.1) is 0 Å². The van der Waals surface area contributed by atoms with E-state index in [1.54, 1.807) is 6.92 Å². The van der Waals surface area contributed by atoms with Crippen molar-refractivity contribution in [2.45, 2.75) is 46.2 Å². The molecule has 0 bridgehead atoms. The van der Waals surface area contributed by atoms with Crippen LogP contribution in [-0.2, 0) is 11.3 Å². The maximum absolute atomic E-state index is 12.8. The molecule has 0 unspecified atom stereocenters. The van der Waals surface area contributed by atoms with Gasteiger partial charge in [0.1, 0.15) is 0 Å². The van der Waals surface area contributed by atoms with Gasteiger partial charge >= 0.3 is 0 Å². The van der Waals surface area contributed by atoms with Gasteiger partial charge in [-0.1, -0.05) is 12.1 Å². The first-order valence-electron chi connectivity index (χ1n) is 10.1. The Morgan fingerprint density at radius 3 is 2.43 bits per heavy atom. The summed E-state index contributed by atoms with van der Waals surface area (Å²) in [6.45, 7) is 7.73. The molecule has 0 spiro atoms. The van der Waals surface area contributed by atoms with E-state index < -0.39 is 0 Å². The van der Waals surface area contributed by atoms with Gasteiger partial charge in [-0.3, -0.25) is 14.3 Å². The summed E-state index contributed by atoms with van der Waals surface area (Å²) in [5.74, 6) is 1.07. The highest BCUT2D eigenvalue weighted by molar-refractivity contribution is 5.94. The van der Waals surface area contributed by atoms with Gasteiger partial charge in [0.2, 0.25) is 5.91 Å². The van der Waals surface area contributed by atoms with Gasteiger partial charge < -0.3 is 10.2 Å². The highest BCUT2D eigenvalue weighted by Crippen LogP contribution is 2.41. The van der Waals surface area contributed by atoms with Gasteiger partial charge in [-0.05, 0) is 56.4 Å². The number of aromatic nitrogens is 2. The molecule has 6 heteroatoms. The number of benzene rings is 1. The Labute approximate surface area is 165 Å². The van der Waals surface area contributed by atoms with Crippen LogP contribution in [0.25, 0.3) is 0 Å². The first-order chi connectivity index (χ1) is 13.4. The second kappa shape index (κ2) is 7.41. The lowest BCUT2D eigenvalue weighted by atomic mass is 9.97. The zero-order chi connectivity index (χ0) is 19.8. The molecule has 2 aliphatic rings. The summed E-state index contributed by atoms with van der Waals surface area (Å²) < 4.78 is 1.97. The maximum Gasteiger partial charge on any atom is 0.251 e. The van der Waals surface area contributed by atoms with E-state index >= 15 is 0 Å². The van der Waals surface area contributed by atoms with Crippen molar-refractivity contribution in [3.63, 3.8) is 0 Å². The third-order valence-electron chi connectivity index (χ3n) is 6.01. The average Bonchev–Trinajstić information content (AvgIpc) is 3.33. The number of aryl methyl sites for hydroxylation is 2. The number of carbonyl (C=O) groups excluding carboxylic acids is 2. The predicted molar refractivity (Wildman–Crippen MR) is 107 cm³/mol. The summed E-state index contributed by atoms with van der Waals surface area (Å²) in [5, 5.41) is 7.67. The summed E-state index contributed by atoms with van der Waals surface area (Å²) in [7, 11) is 0. The zero-order valence-electron chi connectivity index (χ0n) is 16.8. The van der Waals surface area contributed by atoms with Gasteiger partial charge in [0, 0.05) is 37.2 Å². The first kappa shape index (κ1) is 18.7. The van der Waals surface area contributed by atoms with E-state index in [9.17, 15) is 9.59 Å². The Hall–Kier alpha value is -2.63. The summed E-state index contributed by atoms with van der Waals surface area (Å²) in [5.41, 5.74) is 3.91. The lowest BCUT2D eigenvalue weighted by Crippen LogP contribution is -2.41. The number of rotatable bonds is 5. The van der Waals surface area contributed by atoms with Crippen molar-refractivity contribution in [3.8, 4) is 0 Å². The van der Waals surface area contributed by atoms with Crippen molar-refractivity contribution in [1.29, 1.82) is 0 Å². The van der Waals surface area contributed by atoms with Crippen LogP contribution in [0.5, 0.6) is 0 Å². The predicted octanol–water partition coefficient (Wildman–Crippen LogP) is 2.53. The smallest absolute Gasteiger partial charge is 0.251 e. The van der Waals surface area contributed by atoms with Gasteiger partial charge in [0.25, 0.3) is 5.91 Å². The topological polar surface area (TPSA) is 67.2 Å². The van der Waals surface area contributed by atoms with E-state index in [2.05, 4.69) is 16.5 Å². The van der Waals surface area contributed by atoms with Gasteiger partial charge in [-0.25, -0.2) is 0 Å². The molecule has 4 rings (SSSR count). The van der Waals surface area contributed by atoms with Crippen molar-refractivity contribution >= 4 is 11.8 Å². The molecule has 0 radical (unpaired) electrons. The van der Waals surface area contributed by atoms with E-state index in [4.69, 9.17) is 0 Å². The fourth-order valence-corrected chi connectivity index (χ4v) is 4.26. The Morgan fingerprint density at radius 1 is 1.14 bits per heavy atom. The van der Waals surface area contributed by atoms with Crippen molar-refractivity contribution in [3.05, 3.63) is 52.8 Å². The van der Waals surface area contributed by atoms with Crippen LogP contribution in [0.3, 0.4) is 0 Å². The van der Waals surface area contributed by atoms with Crippen molar-refractivity contribution in [2.24, 2.45) is 11.8 Å². The van der Waals surface area contributed by atoms with E-state index in [1.807, 2.05) is 47.7 Å². The minimum atomic E-state index is -0.0567. The second-order valence-corrected chi connectivity index (χ2v) is 8.29. The molecule has 28 heavy (non-hydrogen) atoms. The highest BCUT2D eigenvalue weighted by Gasteiger charge is 2.43. The standard InChI is InChI=1S/C22H28N4O2/c1-14-10-15(2)26(24-14)11-17-4-6-19(7-5-17)22(28)23-21-13-25(16(3)27)12-20(21)18-8-9-18/h4-7,10,18,20-21H,8-9,11-13H2,1-3H3,(H,23,28)/t20-,21+/m1/s1. The van der Waals surface area contributed by atoms with Crippen LogP contribution in [0, 0.1) is 25.7 Å². The molecule has 2 amide bonds. The SMILES string of the molecule is CC(=O)N1C[C@H](NC(=O)c2ccc(Cn3nc(C)cc3C)cc2)[C@@H](C2CC2)C1. The van der Waals surface area contributed by atoms with Crippen LogP contribution < -0.4 is 5.32 Å². The van der Waals surface area contributed by atoms with Gasteiger partial charge in [0.05, 0.1) is 18.3 Å². The van der Waals surface area contributed by atoms with Crippen molar-refractivity contribution in [1.82, 2.24) is 20.0 Å². The maximum atomic E-state index is 12.8. The Morgan fingerprint density at radius 2 is 1.86 bits per heavy atom. The van der Waals surface area contributed by atoms with E-state index in [-0.39, 0.29) is 17.9 Å². The van der Waals surface area contributed by atoms with Crippen LogP contribution in [0.2, 0.25) is 0 Å². The molecule has 1 aliphatic heterocycles. The largest absolute Gasteiger partial charge is 0.347 e. The zero-order valence-corrected chi connectivity index (χ0v) is 16.8. The van der Waals surface area contributed by atoms with E-state index in [0.29, 0.717) is 30.5 Å². The third kappa shape index (κ3) is 3.96. The average molecular weight is 380 g/mol. The number of likely N-dealkylation sites (tertiary alicyclic amines) is 1. The van der Waals surface area contributed by atoms with Crippen molar-refractivity contribution in [2.75, 3.05) is 13.1 Å². The number of hydrogen-bond donors (Lipinski definition) is 1. The lowest BCUT2D eigenvalue weighted by Gasteiger charge is -2.19. The molecule has 1 N–H and O–H groups in total. The third-order valence-corrected chi connectivity index (χ3v) is 6.01. The lowest BCUT2D eigenvalue weighted by molar-refractivity contribution is -0.128. The van der Waals surface area contributed by atoms with Gasteiger partial charge in [-0.2, -0.15) is 5.10 Å². The normalized spacial score (nSPS) is 21.8. The number of hydrogen-bond acceptors (Lipinski definition) is 3. The van der Waals surface area contributed by atoms with Crippen molar-refractivity contribution < 1.29 is 9.59 Å². The molecular formula is C22H28N4O2. The van der Waals surface area contributed by atoms with Crippen LogP contribution in [0.1, 0.15) is 47.1 Å². The van der Waals surface area contributed by atoms with E-state index in [0.717, 1.165) is 23.5 Å². The molecular weight excluding hydrogens is 352 g/mol. The van der Waals surface area contributed by atoms with Gasteiger partial charge in [0.15, 0.2) is 0 Å². The Balaban J connectivity index is 1.40. The fourth-order valence-electron chi connectivity index (χ4n) is 4.26. The van der Waals surface area contributed by atoms with Crippen LogP contribution >= 0.6 is 0 Å². The first-order valence-corrected chi connectivity index (χ1v) is 10.1. The number of nitrogens with zero attached hydrogens (tertiary/aromatic N) is 3. The minimum absolute atomic E-state index is 0.0540. The number of nitrogens with one attached hydrogen (secondary N) is 1. The summed E-state index contributed by atoms with van der Waals surface area (Å²) in [4.78, 5) is 26.4. The molecule has 1 saturated carbocycles. The van der Waals surface area contributed by atoms with Crippen LogP contribution in [0.15, 0.2) is 30.3 Å². The molecule has 2 aromatic rings. The quantitative estimate of drug-likeness (QED) is 0.867. The fraction of sp³-hybridized carbons (Fsp3) is 0.500. The van der Waals surface area contributed by atoms with E-state index in [1.165, 1.54) is 12.8 Å². The molecule has 2 atom stereocenters. The second-order valence-electron chi connectivity index (χ2n) is 8.29. The Kier molecular flexibility index (Phi) is 4.96. The van der Waals surface area contributed by atoms with Crippen LogP contribution in [-0.4, -0.2) is 45.6 Å². The molecule has 1 aromatic carbocycles. The Bertz CT molecular complexity index is 882. The van der Waals surface area contributed by atoms with Crippen LogP contribution in [0.4, 0.5) is 0 Å². The molecule has 1 saturated heterocycles. The minimum Gasteiger partial charge on any atom is -0.347 e. The molecule has 1 aliphatic carbocycles. The number of amides is 2. The monoisotopic (exact) mass is 380 g/mol. The highest BCUT2D eigenvalue weighted by atomic mass is 16.2. The molecule has 2 fully saturated rings. The molecule has 6 nitrogen and oxygen atoms in total. The molecule has 2 heterocycles. The summed E-state index contributed by atoms with van der Waals surface area (Å²) in [6, 6.07) is 9.84. The molecule has 148 valence electrons.